The summed E-state index contributed by atoms with van der Waals surface area (Å²) in [7, 11) is 0. The first-order chi connectivity index (χ1) is 12.0. The molecule has 0 saturated carbocycles. The van der Waals surface area contributed by atoms with Crippen molar-refractivity contribution in [2.45, 2.75) is 27.0 Å². The smallest absolute Gasteiger partial charge is 0.287 e. The van der Waals surface area contributed by atoms with Gasteiger partial charge >= 0.3 is 0 Å². The van der Waals surface area contributed by atoms with Crippen molar-refractivity contribution in [3.05, 3.63) is 76.9 Å². The third-order valence-electron chi connectivity index (χ3n) is 3.66. The number of furan rings is 2. The minimum Gasteiger partial charge on any atom is -0.486 e. The molecule has 3 aromatic rings. The Morgan fingerprint density at radius 3 is 2.56 bits per heavy atom. The van der Waals surface area contributed by atoms with Gasteiger partial charge in [-0.2, -0.15) is 0 Å². The van der Waals surface area contributed by atoms with E-state index in [2.05, 4.69) is 5.32 Å². The molecule has 25 heavy (non-hydrogen) atoms. The van der Waals surface area contributed by atoms with Gasteiger partial charge in [0.1, 0.15) is 35.5 Å². The molecule has 5 nitrogen and oxygen atoms in total. The lowest BCUT2D eigenvalue weighted by molar-refractivity contribution is 0.0919. The molecule has 0 aliphatic heterocycles. The highest BCUT2D eigenvalue weighted by Crippen LogP contribution is 2.16. The zero-order valence-corrected chi connectivity index (χ0v) is 14.0. The number of benzene rings is 1. The Morgan fingerprint density at radius 1 is 1.12 bits per heavy atom. The van der Waals surface area contributed by atoms with E-state index in [4.69, 9.17) is 13.6 Å². The molecule has 1 aromatic carbocycles. The number of aryl methyl sites for hydroxylation is 2. The minimum atomic E-state index is -0.327. The Balaban J connectivity index is 1.54. The molecular weight excluding hydrogens is 325 g/mol. The maximum atomic E-state index is 12.8. The lowest BCUT2D eigenvalue weighted by atomic mass is 10.2. The van der Waals surface area contributed by atoms with Gasteiger partial charge in [-0.15, -0.1) is 0 Å². The third-order valence-corrected chi connectivity index (χ3v) is 3.66. The summed E-state index contributed by atoms with van der Waals surface area (Å²) in [6.45, 7) is 4.23. The predicted molar refractivity (Wildman–Crippen MR) is 88.8 cm³/mol. The van der Waals surface area contributed by atoms with Crippen molar-refractivity contribution >= 4 is 5.91 Å². The van der Waals surface area contributed by atoms with E-state index in [0.717, 1.165) is 17.1 Å². The number of halogens is 1. The molecule has 1 amide bonds. The highest BCUT2D eigenvalue weighted by Gasteiger charge is 2.13. The maximum absolute atomic E-state index is 12.8. The number of carbonyl (C=O) groups is 1. The van der Waals surface area contributed by atoms with Crippen LogP contribution in [0.25, 0.3) is 0 Å². The molecule has 3 rings (SSSR count). The fourth-order valence-corrected chi connectivity index (χ4v) is 2.38. The summed E-state index contributed by atoms with van der Waals surface area (Å²) < 4.78 is 29.2. The molecule has 6 heteroatoms. The first-order valence-corrected chi connectivity index (χ1v) is 7.82. The second-order valence-corrected chi connectivity index (χ2v) is 5.63. The Labute approximate surface area is 144 Å². The molecule has 0 aliphatic carbocycles. The summed E-state index contributed by atoms with van der Waals surface area (Å²) in [6, 6.07) is 10.8. The fourth-order valence-electron chi connectivity index (χ4n) is 2.38. The van der Waals surface area contributed by atoms with Crippen molar-refractivity contribution in [1.29, 1.82) is 0 Å². The van der Waals surface area contributed by atoms with E-state index in [0.29, 0.717) is 18.1 Å². The van der Waals surface area contributed by atoms with Crippen LogP contribution in [0.3, 0.4) is 0 Å². The highest BCUT2D eigenvalue weighted by molar-refractivity contribution is 5.91. The Kier molecular flexibility index (Phi) is 4.88. The number of hydrogen-bond acceptors (Lipinski definition) is 4. The van der Waals surface area contributed by atoms with Crippen LogP contribution < -0.4 is 10.1 Å². The van der Waals surface area contributed by atoms with E-state index in [1.165, 1.54) is 24.3 Å². The number of carbonyl (C=O) groups excluding carboxylic acids is 1. The van der Waals surface area contributed by atoms with E-state index in [1.54, 1.807) is 12.1 Å². The number of nitrogens with one attached hydrogen (secondary N) is 1. The van der Waals surface area contributed by atoms with E-state index in [-0.39, 0.29) is 24.1 Å². The topological polar surface area (TPSA) is 64.6 Å². The van der Waals surface area contributed by atoms with Crippen LogP contribution in [0.4, 0.5) is 4.39 Å². The molecule has 2 heterocycles. The quantitative estimate of drug-likeness (QED) is 0.731. The van der Waals surface area contributed by atoms with Crippen LogP contribution >= 0.6 is 0 Å². The van der Waals surface area contributed by atoms with Crippen LogP contribution in [0.5, 0.6) is 5.75 Å². The zero-order valence-electron chi connectivity index (χ0n) is 14.0. The van der Waals surface area contributed by atoms with Gasteiger partial charge in [-0.3, -0.25) is 4.79 Å². The Hall–Kier alpha value is -3.02. The SMILES string of the molecule is Cc1cc(CNC(=O)c2ccc(COc3ccc(F)cc3)o2)c(C)o1. The van der Waals surface area contributed by atoms with Crippen LogP contribution in [-0.4, -0.2) is 5.91 Å². The molecule has 1 N–H and O–H groups in total. The van der Waals surface area contributed by atoms with Crippen LogP contribution in [0.2, 0.25) is 0 Å². The van der Waals surface area contributed by atoms with E-state index in [9.17, 15) is 9.18 Å². The highest BCUT2D eigenvalue weighted by atomic mass is 19.1. The summed E-state index contributed by atoms with van der Waals surface area (Å²) in [4.78, 5) is 12.1. The first-order valence-electron chi connectivity index (χ1n) is 7.82. The summed E-state index contributed by atoms with van der Waals surface area (Å²) in [6.07, 6.45) is 0. The molecular formula is C19H18FNO4. The fraction of sp³-hybridized carbons (Fsp3) is 0.211. The molecule has 0 fully saturated rings. The average Bonchev–Trinajstić information content (AvgIpc) is 3.18. The molecule has 0 saturated heterocycles. The normalized spacial score (nSPS) is 10.7. The monoisotopic (exact) mass is 343 g/mol. The second-order valence-electron chi connectivity index (χ2n) is 5.63. The van der Waals surface area contributed by atoms with Gasteiger partial charge in [-0.1, -0.05) is 0 Å². The molecule has 0 atom stereocenters. The van der Waals surface area contributed by atoms with Crippen molar-refractivity contribution in [3.8, 4) is 5.75 Å². The van der Waals surface area contributed by atoms with Gasteiger partial charge in [0.25, 0.3) is 5.91 Å². The van der Waals surface area contributed by atoms with Gasteiger partial charge in [-0.05, 0) is 56.3 Å². The second kappa shape index (κ2) is 7.25. The standard InChI is InChI=1S/C19H18FNO4/c1-12-9-14(13(2)24-12)10-21-19(22)18-8-7-17(25-18)11-23-16-5-3-15(20)4-6-16/h3-9H,10-11H2,1-2H3,(H,21,22). The van der Waals surface area contributed by atoms with Crippen LogP contribution in [0.15, 0.2) is 51.3 Å². The van der Waals surface area contributed by atoms with Gasteiger partial charge in [0.2, 0.25) is 0 Å². The summed E-state index contributed by atoms with van der Waals surface area (Å²) in [5, 5.41) is 2.79. The van der Waals surface area contributed by atoms with Gasteiger partial charge in [-0.25, -0.2) is 4.39 Å². The van der Waals surface area contributed by atoms with Crippen molar-refractivity contribution in [2.24, 2.45) is 0 Å². The molecule has 0 aliphatic rings. The lowest BCUT2D eigenvalue weighted by Gasteiger charge is -2.04. The van der Waals surface area contributed by atoms with Gasteiger partial charge in [0.05, 0.1) is 0 Å². The minimum absolute atomic E-state index is 0.152. The summed E-state index contributed by atoms with van der Waals surface area (Å²) in [5.41, 5.74) is 0.928. The van der Waals surface area contributed by atoms with Crippen molar-refractivity contribution in [2.75, 3.05) is 0 Å². The van der Waals surface area contributed by atoms with Crippen LogP contribution in [0, 0.1) is 19.7 Å². The molecule has 0 bridgehead atoms. The predicted octanol–water partition coefficient (Wildman–Crippen LogP) is 4.14. The van der Waals surface area contributed by atoms with Crippen molar-refractivity contribution in [1.82, 2.24) is 5.32 Å². The first kappa shape index (κ1) is 16.8. The lowest BCUT2D eigenvalue weighted by Crippen LogP contribution is -2.22. The molecule has 130 valence electrons. The Bertz CT molecular complexity index is 864. The molecule has 0 radical (unpaired) electrons. The van der Waals surface area contributed by atoms with Crippen LogP contribution in [-0.2, 0) is 13.2 Å². The number of rotatable bonds is 6. The molecule has 2 aromatic heterocycles. The van der Waals surface area contributed by atoms with E-state index in [1.807, 2.05) is 19.9 Å². The van der Waals surface area contributed by atoms with Gasteiger partial charge in [0.15, 0.2) is 5.76 Å². The van der Waals surface area contributed by atoms with Crippen molar-refractivity contribution < 1.29 is 22.8 Å². The maximum Gasteiger partial charge on any atom is 0.287 e. The van der Waals surface area contributed by atoms with E-state index >= 15 is 0 Å². The van der Waals surface area contributed by atoms with Crippen LogP contribution in [0.1, 0.15) is 33.4 Å². The van der Waals surface area contributed by atoms with Crippen molar-refractivity contribution in [3.63, 3.8) is 0 Å². The number of hydrogen-bond donors (Lipinski definition) is 1. The summed E-state index contributed by atoms with van der Waals surface area (Å²) >= 11 is 0. The Morgan fingerprint density at radius 2 is 1.88 bits per heavy atom. The largest absolute Gasteiger partial charge is 0.486 e. The average molecular weight is 343 g/mol. The number of amides is 1. The molecule has 0 spiro atoms. The zero-order chi connectivity index (χ0) is 17.8. The van der Waals surface area contributed by atoms with Gasteiger partial charge in [0, 0.05) is 12.1 Å². The van der Waals surface area contributed by atoms with Gasteiger partial charge < -0.3 is 18.9 Å². The van der Waals surface area contributed by atoms with E-state index < -0.39 is 0 Å². The molecule has 0 unspecified atom stereocenters. The summed E-state index contributed by atoms with van der Waals surface area (Å²) in [5.74, 6) is 2.18. The number of ether oxygens (including phenoxy) is 1. The third kappa shape index (κ3) is 4.29.